The second-order valence-electron chi connectivity index (χ2n) is 6.74. The number of rotatable bonds is 9. The molecule has 7 heteroatoms. The van der Waals surface area contributed by atoms with Crippen LogP contribution in [-0.2, 0) is 11.4 Å². The molecule has 5 nitrogen and oxygen atoms in total. The van der Waals surface area contributed by atoms with Gasteiger partial charge in [0.05, 0.1) is 11.5 Å². The molecule has 2 aromatic rings. The van der Waals surface area contributed by atoms with Crippen LogP contribution in [0, 0.1) is 5.82 Å². The van der Waals surface area contributed by atoms with E-state index in [2.05, 4.69) is 0 Å². The number of halogens is 1. The molecule has 0 aliphatic carbocycles. The molecule has 1 heterocycles. The van der Waals surface area contributed by atoms with Crippen molar-refractivity contribution >= 4 is 29.0 Å². The minimum absolute atomic E-state index is 0.232. The molecule has 158 valence electrons. The van der Waals surface area contributed by atoms with E-state index in [1.807, 2.05) is 19.9 Å². The van der Waals surface area contributed by atoms with E-state index in [9.17, 15) is 14.0 Å². The van der Waals surface area contributed by atoms with Gasteiger partial charge in [-0.25, -0.2) is 4.39 Å². The SMILES string of the molecule is CCCCN1C(=O)S/C(=C\c2ccc(OCc3ccc(F)cc3)c(OCC)c2)C1=O. The molecule has 1 aliphatic heterocycles. The number of hydrogen-bond donors (Lipinski definition) is 0. The van der Waals surface area contributed by atoms with Crippen molar-refractivity contribution in [3.05, 3.63) is 64.3 Å². The lowest BCUT2D eigenvalue weighted by atomic mass is 10.1. The molecule has 0 bridgehead atoms. The maximum atomic E-state index is 13.0. The molecule has 0 unspecified atom stereocenters. The lowest BCUT2D eigenvalue weighted by Gasteiger charge is -2.13. The first-order chi connectivity index (χ1) is 14.5. The maximum Gasteiger partial charge on any atom is 0.293 e. The number of unbranched alkanes of at least 4 members (excludes halogenated alkanes) is 1. The van der Waals surface area contributed by atoms with Crippen LogP contribution in [0.25, 0.3) is 6.08 Å². The van der Waals surface area contributed by atoms with Crippen LogP contribution < -0.4 is 9.47 Å². The van der Waals surface area contributed by atoms with Crippen LogP contribution >= 0.6 is 11.8 Å². The highest BCUT2D eigenvalue weighted by Gasteiger charge is 2.34. The summed E-state index contributed by atoms with van der Waals surface area (Å²) in [5.74, 6) is 0.540. The summed E-state index contributed by atoms with van der Waals surface area (Å²) in [4.78, 5) is 26.3. The van der Waals surface area contributed by atoms with Crippen molar-refractivity contribution in [2.45, 2.75) is 33.3 Å². The molecule has 3 rings (SSSR count). The van der Waals surface area contributed by atoms with Crippen LogP contribution in [0.2, 0.25) is 0 Å². The Morgan fingerprint density at radius 3 is 2.50 bits per heavy atom. The first kappa shape index (κ1) is 21.9. The smallest absolute Gasteiger partial charge is 0.293 e. The molecule has 1 aliphatic rings. The van der Waals surface area contributed by atoms with Crippen LogP contribution in [0.5, 0.6) is 11.5 Å². The number of ether oxygens (including phenoxy) is 2. The molecular weight excluding hydrogens is 405 g/mol. The predicted molar refractivity (Wildman–Crippen MR) is 116 cm³/mol. The minimum Gasteiger partial charge on any atom is -0.490 e. The van der Waals surface area contributed by atoms with E-state index < -0.39 is 0 Å². The van der Waals surface area contributed by atoms with E-state index in [1.165, 1.54) is 17.0 Å². The van der Waals surface area contributed by atoms with E-state index in [1.54, 1.807) is 30.3 Å². The van der Waals surface area contributed by atoms with E-state index in [0.717, 1.165) is 35.7 Å². The van der Waals surface area contributed by atoms with Gasteiger partial charge in [0, 0.05) is 6.54 Å². The first-order valence-corrected chi connectivity index (χ1v) is 10.7. The van der Waals surface area contributed by atoms with Gasteiger partial charge in [-0.05, 0) is 66.6 Å². The Bertz CT molecular complexity index is 943. The largest absolute Gasteiger partial charge is 0.490 e. The lowest BCUT2D eigenvalue weighted by Crippen LogP contribution is -2.29. The third kappa shape index (κ3) is 5.42. The van der Waals surface area contributed by atoms with Crippen LogP contribution in [-0.4, -0.2) is 29.2 Å². The van der Waals surface area contributed by atoms with E-state index >= 15 is 0 Å². The average Bonchev–Trinajstić information content (AvgIpc) is 3.00. The highest BCUT2D eigenvalue weighted by atomic mass is 32.2. The number of nitrogens with zero attached hydrogens (tertiary/aromatic N) is 1. The summed E-state index contributed by atoms with van der Waals surface area (Å²) in [6.07, 6.45) is 3.40. The van der Waals surface area contributed by atoms with Gasteiger partial charge in [0.15, 0.2) is 11.5 Å². The fourth-order valence-corrected chi connectivity index (χ4v) is 3.77. The van der Waals surface area contributed by atoms with Crippen molar-refractivity contribution in [3.8, 4) is 11.5 Å². The molecule has 2 aromatic carbocycles. The van der Waals surface area contributed by atoms with Crippen molar-refractivity contribution in [2.75, 3.05) is 13.2 Å². The zero-order valence-corrected chi connectivity index (χ0v) is 17.8. The molecular formula is C23H24FNO4S. The molecule has 0 atom stereocenters. The summed E-state index contributed by atoms with van der Waals surface area (Å²) in [6.45, 7) is 5.05. The summed E-state index contributed by atoms with van der Waals surface area (Å²) in [6, 6.07) is 11.5. The summed E-state index contributed by atoms with van der Waals surface area (Å²) >= 11 is 0.955. The molecule has 0 aromatic heterocycles. The third-order valence-corrected chi connectivity index (χ3v) is 5.39. The van der Waals surface area contributed by atoms with Gasteiger partial charge in [0.25, 0.3) is 11.1 Å². The molecule has 0 N–H and O–H groups in total. The van der Waals surface area contributed by atoms with Gasteiger partial charge in [-0.3, -0.25) is 14.5 Å². The molecule has 1 saturated heterocycles. The first-order valence-electron chi connectivity index (χ1n) is 9.91. The molecule has 0 radical (unpaired) electrons. The van der Waals surface area contributed by atoms with Gasteiger partial charge in [-0.1, -0.05) is 31.5 Å². The molecule has 0 spiro atoms. The highest BCUT2D eigenvalue weighted by molar-refractivity contribution is 8.18. The summed E-state index contributed by atoms with van der Waals surface area (Å²) in [5.41, 5.74) is 1.58. The van der Waals surface area contributed by atoms with E-state index in [4.69, 9.17) is 9.47 Å². The standard InChI is InChI=1S/C23H24FNO4S/c1-3-5-12-25-22(26)21(30-23(25)27)14-17-8-11-19(20(13-17)28-4-2)29-15-16-6-9-18(24)10-7-16/h6-11,13-14H,3-5,12,15H2,1-2H3/b21-14-. The third-order valence-electron chi connectivity index (χ3n) is 4.48. The van der Waals surface area contributed by atoms with E-state index in [0.29, 0.717) is 29.6 Å². The van der Waals surface area contributed by atoms with Crippen LogP contribution in [0.3, 0.4) is 0 Å². The zero-order valence-electron chi connectivity index (χ0n) is 17.0. The highest BCUT2D eigenvalue weighted by Crippen LogP contribution is 2.35. The topological polar surface area (TPSA) is 55.8 Å². The zero-order chi connectivity index (χ0) is 21.5. The molecule has 30 heavy (non-hydrogen) atoms. The molecule has 1 fully saturated rings. The normalized spacial score (nSPS) is 15.2. The number of benzene rings is 2. The fraction of sp³-hybridized carbons (Fsp3) is 0.304. The van der Waals surface area contributed by atoms with Crippen molar-refractivity contribution in [1.82, 2.24) is 4.90 Å². The molecule has 2 amide bonds. The predicted octanol–water partition coefficient (Wildman–Crippen LogP) is 5.64. The van der Waals surface area contributed by atoms with Crippen molar-refractivity contribution in [3.63, 3.8) is 0 Å². The Labute approximate surface area is 179 Å². The second kappa shape index (κ2) is 10.3. The van der Waals surface area contributed by atoms with Crippen molar-refractivity contribution < 1.29 is 23.5 Å². The number of hydrogen-bond acceptors (Lipinski definition) is 5. The van der Waals surface area contributed by atoms with E-state index in [-0.39, 0.29) is 23.6 Å². The molecule has 0 saturated carbocycles. The lowest BCUT2D eigenvalue weighted by molar-refractivity contribution is -0.122. The Balaban J connectivity index is 1.75. The Morgan fingerprint density at radius 1 is 1.03 bits per heavy atom. The number of amides is 2. The van der Waals surface area contributed by atoms with Crippen molar-refractivity contribution in [1.29, 1.82) is 0 Å². The average molecular weight is 430 g/mol. The summed E-state index contributed by atoms with van der Waals surface area (Å²) in [5, 5.41) is -0.232. The minimum atomic E-state index is -0.294. The van der Waals surface area contributed by atoms with Gasteiger partial charge >= 0.3 is 0 Å². The van der Waals surface area contributed by atoms with Gasteiger partial charge in [-0.2, -0.15) is 0 Å². The van der Waals surface area contributed by atoms with Gasteiger partial charge in [0.1, 0.15) is 12.4 Å². The van der Waals surface area contributed by atoms with Crippen LogP contribution in [0.15, 0.2) is 47.4 Å². The second-order valence-corrected chi connectivity index (χ2v) is 7.73. The van der Waals surface area contributed by atoms with Crippen molar-refractivity contribution in [2.24, 2.45) is 0 Å². The quantitative estimate of drug-likeness (QED) is 0.483. The Kier molecular flexibility index (Phi) is 7.52. The fourth-order valence-electron chi connectivity index (χ4n) is 2.90. The van der Waals surface area contributed by atoms with Gasteiger partial charge in [0.2, 0.25) is 0 Å². The summed E-state index contributed by atoms with van der Waals surface area (Å²) < 4.78 is 24.6. The number of carbonyl (C=O) groups is 2. The Morgan fingerprint density at radius 2 is 1.80 bits per heavy atom. The maximum absolute atomic E-state index is 13.0. The van der Waals surface area contributed by atoms with Crippen LogP contribution in [0.1, 0.15) is 37.8 Å². The Hall–Kier alpha value is -2.80. The van der Waals surface area contributed by atoms with Gasteiger partial charge < -0.3 is 9.47 Å². The number of thioether (sulfide) groups is 1. The van der Waals surface area contributed by atoms with Gasteiger partial charge in [-0.15, -0.1) is 0 Å². The monoisotopic (exact) mass is 429 g/mol. The number of carbonyl (C=O) groups excluding carboxylic acids is 2. The summed E-state index contributed by atoms with van der Waals surface area (Å²) in [7, 11) is 0. The number of imide groups is 1. The van der Waals surface area contributed by atoms with Crippen LogP contribution in [0.4, 0.5) is 9.18 Å².